The van der Waals surface area contributed by atoms with Gasteiger partial charge in [0.15, 0.2) is 0 Å². The Kier molecular flexibility index (Phi) is 9.92. The topological polar surface area (TPSA) is 0 Å². The first-order chi connectivity index (χ1) is 7.76. The number of hydrogen-bond acceptors (Lipinski definition) is 0. The van der Waals surface area contributed by atoms with Gasteiger partial charge in [-0.25, -0.2) is 0 Å². The third-order valence-electron chi connectivity index (χ3n) is 2.80. The summed E-state index contributed by atoms with van der Waals surface area (Å²) in [6, 6.07) is 0. The van der Waals surface area contributed by atoms with Crippen molar-refractivity contribution in [2.24, 2.45) is 5.92 Å². The molecule has 0 rings (SSSR count). The molecule has 16 heavy (non-hydrogen) atoms. The summed E-state index contributed by atoms with van der Waals surface area (Å²) in [6.45, 7) is 10.6. The average Bonchev–Trinajstić information content (AvgIpc) is 2.29. The fraction of sp³-hybridized carbons (Fsp3) is 0.625. The van der Waals surface area contributed by atoms with E-state index in [1.54, 1.807) is 0 Å². The highest BCUT2D eigenvalue weighted by atomic mass is 14.1. The molecule has 0 fully saturated rings. The van der Waals surface area contributed by atoms with Crippen LogP contribution in [0, 0.1) is 17.8 Å². The Bertz CT molecular complexity index is 259. The molecule has 0 nitrogen and oxygen atoms in total. The van der Waals surface area contributed by atoms with Gasteiger partial charge < -0.3 is 0 Å². The first-order valence-electron chi connectivity index (χ1n) is 6.51. The van der Waals surface area contributed by atoms with Gasteiger partial charge in [0.1, 0.15) is 0 Å². The molecular formula is C16H26. The summed E-state index contributed by atoms with van der Waals surface area (Å²) < 4.78 is 0. The van der Waals surface area contributed by atoms with Gasteiger partial charge in [0.2, 0.25) is 0 Å². The molecule has 0 amide bonds. The largest absolute Gasteiger partial charge is 0.106 e. The van der Waals surface area contributed by atoms with Crippen LogP contribution in [0.3, 0.4) is 0 Å². The molecular weight excluding hydrogens is 192 g/mol. The van der Waals surface area contributed by atoms with Gasteiger partial charge >= 0.3 is 0 Å². The summed E-state index contributed by atoms with van der Waals surface area (Å²) in [6.07, 6.45) is 11.5. The maximum absolute atomic E-state index is 4.19. The normalized spacial score (nSPS) is 12.2. The van der Waals surface area contributed by atoms with E-state index in [1.807, 2.05) is 6.92 Å². The smallest absolute Gasteiger partial charge is 0.0272 e. The second-order valence-electron chi connectivity index (χ2n) is 4.24. The minimum atomic E-state index is 0.677. The Hall–Kier alpha value is -0.960. The summed E-state index contributed by atoms with van der Waals surface area (Å²) in [5.74, 6) is 6.62. The van der Waals surface area contributed by atoms with Crippen LogP contribution >= 0.6 is 0 Å². The number of allylic oxidation sites excluding steroid dienone is 3. The van der Waals surface area contributed by atoms with Crippen molar-refractivity contribution in [3.8, 4) is 11.8 Å². The monoisotopic (exact) mass is 218 g/mol. The van der Waals surface area contributed by atoms with Gasteiger partial charge in [-0.3, -0.25) is 0 Å². The molecule has 0 spiro atoms. The molecule has 0 aromatic rings. The van der Waals surface area contributed by atoms with Crippen molar-refractivity contribution in [1.29, 1.82) is 0 Å². The molecule has 1 unspecified atom stereocenters. The Morgan fingerprint density at radius 3 is 2.56 bits per heavy atom. The van der Waals surface area contributed by atoms with Gasteiger partial charge in [0.05, 0.1) is 0 Å². The van der Waals surface area contributed by atoms with E-state index < -0.39 is 0 Å². The molecule has 90 valence electrons. The van der Waals surface area contributed by atoms with Crippen LogP contribution < -0.4 is 0 Å². The molecule has 0 heteroatoms. The van der Waals surface area contributed by atoms with E-state index in [-0.39, 0.29) is 0 Å². The lowest BCUT2D eigenvalue weighted by atomic mass is 9.90. The number of rotatable bonds is 8. The zero-order valence-electron chi connectivity index (χ0n) is 11.2. The molecule has 0 aliphatic carbocycles. The van der Waals surface area contributed by atoms with Gasteiger partial charge in [-0.15, -0.1) is 5.92 Å². The molecule has 0 aromatic heterocycles. The maximum atomic E-state index is 4.19. The van der Waals surface area contributed by atoms with E-state index in [0.717, 1.165) is 6.42 Å². The van der Waals surface area contributed by atoms with Crippen LogP contribution in [0.1, 0.15) is 59.3 Å². The van der Waals surface area contributed by atoms with Gasteiger partial charge in [0.25, 0.3) is 0 Å². The van der Waals surface area contributed by atoms with E-state index in [1.165, 1.54) is 37.7 Å². The first-order valence-corrected chi connectivity index (χ1v) is 6.51. The molecule has 0 aliphatic heterocycles. The standard InChI is InChI=1S/C16H26/c1-5-8-10-11-13-15(4)16(12-7-3)14-9-6-2/h11,13,16H,4,6-7,9-10,12,14H2,1-3H3. The highest BCUT2D eigenvalue weighted by Crippen LogP contribution is 2.23. The summed E-state index contributed by atoms with van der Waals surface area (Å²) >= 11 is 0. The lowest BCUT2D eigenvalue weighted by Crippen LogP contribution is -2.01. The first kappa shape index (κ1) is 15.0. The van der Waals surface area contributed by atoms with Crippen LogP contribution in [0.2, 0.25) is 0 Å². The second kappa shape index (κ2) is 10.6. The minimum Gasteiger partial charge on any atom is -0.106 e. The van der Waals surface area contributed by atoms with Crippen molar-refractivity contribution in [3.05, 3.63) is 24.3 Å². The van der Waals surface area contributed by atoms with Gasteiger partial charge in [-0.1, -0.05) is 63.3 Å². The zero-order chi connectivity index (χ0) is 12.2. The molecule has 1 atom stereocenters. The van der Waals surface area contributed by atoms with Crippen LogP contribution in [0.4, 0.5) is 0 Å². The van der Waals surface area contributed by atoms with Crippen LogP contribution in [-0.4, -0.2) is 0 Å². The molecule has 0 aliphatic rings. The minimum absolute atomic E-state index is 0.677. The number of hydrogen-bond donors (Lipinski definition) is 0. The van der Waals surface area contributed by atoms with Crippen molar-refractivity contribution in [1.82, 2.24) is 0 Å². The van der Waals surface area contributed by atoms with Crippen LogP contribution in [0.25, 0.3) is 0 Å². The molecule has 0 saturated heterocycles. The quantitative estimate of drug-likeness (QED) is 0.392. The molecule has 0 bridgehead atoms. The summed E-state index contributed by atoms with van der Waals surface area (Å²) in [5, 5.41) is 0. The van der Waals surface area contributed by atoms with Gasteiger partial charge in [-0.05, 0) is 25.7 Å². The second-order valence-corrected chi connectivity index (χ2v) is 4.24. The van der Waals surface area contributed by atoms with Crippen molar-refractivity contribution >= 4 is 0 Å². The van der Waals surface area contributed by atoms with E-state index in [0.29, 0.717) is 5.92 Å². The van der Waals surface area contributed by atoms with E-state index in [4.69, 9.17) is 0 Å². The fourth-order valence-corrected chi connectivity index (χ4v) is 1.82. The molecule has 0 aromatic carbocycles. The molecule has 0 radical (unpaired) electrons. The van der Waals surface area contributed by atoms with Gasteiger partial charge in [0, 0.05) is 6.42 Å². The lowest BCUT2D eigenvalue weighted by molar-refractivity contribution is 0.497. The van der Waals surface area contributed by atoms with Crippen molar-refractivity contribution in [3.63, 3.8) is 0 Å². The van der Waals surface area contributed by atoms with Crippen molar-refractivity contribution < 1.29 is 0 Å². The predicted octanol–water partition coefficient (Wildman–Crippen LogP) is 5.12. The van der Waals surface area contributed by atoms with Gasteiger partial charge in [-0.2, -0.15) is 0 Å². The van der Waals surface area contributed by atoms with E-state index in [9.17, 15) is 0 Å². The summed E-state index contributed by atoms with van der Waals surface area (Å²) in [7, 11) is 0. The van der Waals surface area contributed by atoms with E-state index in [2.05, 4.69) is 44.4 Å². The van der Waals surface area contributed by atoms with Crippen LogP contribution in [0.5, 0.6) is 0 Å². The third kappa shape index (κ3) is 7.35. The summed E-state index contributed by atoms with van der Waals surface area (Å²) in [4.78, 5) is 0. The van der Waals surface area contributed by atoms with Crippen molar-refractivity contribution in [2.75, 3.05) is 0 Å². The molecule has 0 heterocycles. The maximum Gasteiger partial charge on any atom is 0.0272 e. The Labute approximate surface area is 102 Å². The fourth-order valence-electron chi connectivity index (χ4n) is 1.82. The lowest BCUT2D eigenvalue weighted by Gasteiger charge is -2.16. The van der Waals surface area contributed by atoms with Crippen LogP contribution in [-0.2, 0) is 0 Å². The Balaban J connectivity index is 4.12. The molecule has 0 N–H and O–H groups in total. The number of unbranched alkanes of at least 4 members (excludes halogenated alkanes) is 1. The Morgan fingerprint density at radius 1 is 1.25 bits per heavy atom. The van der Waals surface area contributed by atoms with E-state index >= 15 is 0 Å². The molecule has 0 saturated carbocycles. The third-order valence-corrected chi connectivity index (χ3v) is 2.80. The highest BCUT2D eigenvalue weighted by Gasteiger charge is 2.08. The zero-order valence-corrected chi connectivity index (χ0v) is 11.2. The van der Waals surface area contributed by atoms with Crippen molar-refractivity contribution in [2.45, 2.75) is 59.3 Å². The highest BCUT2D eigenvalue weighted by molar-refractivity contribution is 5.19. The predicted molar refractivity (Wildman–Crippen MR) is 74.3 cm³/mol. The SMILES string of the molecule is C=C(C=CCC#CC)C(CCC)CCCC. The Morgan fingerprint density at radius 2 is 2.00 bits per heavy atom. The van der Waals surface area contributed by atoms with Crippen LogP contribution in [0.15, 0.2) is 24.3 Å². The summed E-state index contributed by atoms with van der Waals surface area (Å²) in [5.41, 5.74) is 1.29. The average molecular weight is 218 g/mol.